The van der Waals surface area contributed by atoms with Gasteiger partial charge in [-0.05, 0) is 42.5 Å². The molecule has 0 fully saturated rings. The molecular formula is C23H21N7O2. The zero-order chi connectivity index (χ0) is 21.9. The molecule has 3 N–H and O–H groups in total. The Morgan fingerprint density at radius 2 is 1.91 bits per heavy atom. The van der Waals surface area contributed by atoms with Gasteiger partial charge in [0.15, 0.2) is 5.82 Å². The zero-order valence-corrected chi connectivity index (χ0v) is 17.1. The van der Waals surface area contributed by atoms with Crippen LogP contribution >= 0.6 is 0 Å². The highest BCUT2D eigenvalue weighted by atomic mass is 16.4. The van der Waals surface area contributed by atoms with Gasteiger partial charge in [0, 0.05) is 48.3 Å². The molecule has 0 saturated carbocycles. The van der Waals surface area contributed by atoms with Gasteiger partial charge in [0.25, 0.3) is 0 Å². The lowest BCUT2D eigenvalue weighted by Gasteiger charge is -2.11. The number of amides is 1. The van der Waals surface area contributed by atoms with E-state index in [-0.39, 0.29) is 0 Å². The number of hydrogen-bond acceptors (Lipinski definition) is 5. The topological polar surface area (TPSA) is 110 Å². The minimum atomic E-state index is -1.04. The summed E-state index contributed by atoms with van der Waals surface area (Å²) < 4.78 is 4.11. The van der Waals surface area contributed by atoms with Crippen LogP contribution in [0.25, 0.3) is 21.9 Å². The van der Waals surface area contributed by atoms with E-state index >= 15 is 0 Å². The standard InChI is InChI=1S/C23H21N7O2/c31-23(32)25-9-12-29-11-7-19-21(29)22(27-15-26-19)28-17-4-5-20-16(13-17)6-10-30(20)14-18-3-1-2-8-24-18/h1-8,10-11,13,15,25H,9,12,14H2,(H,31,32)(H,26,27,28). The normalized spacial score (nSPS) is 11.1. The first-order valence-electron chi connectivity index (χ1n) is 10.2. The summed E-state index contributed by atoms with van der Waals surface area (Å²) in [5.74, 6) is 0.669. The van der Waals surface area contributed by atoms with Gasteiger partial charge in [0.1, 0.15) is 11.8 Å². The van der Waals surface area contributed by atoms with Crippen molar-refractivity contribution < 1.29 is 9.90 Å². The molecule has 0 spiro atoms. The summed E-state index contributed by atoms with van der Waals surface area (Å²) in [5, 5.41) is 15.7. The van der Waals surface area contributed by atoms with E-state index in [0.717, 1.165) is 33.3 Å². The number of hydrogen-bond donors (Lipinski definition) is 3. The molecule has 0 radical (unpaired) electrons. The number of benzene rings is 1. The number of pyridine rings is 1. The van der Waals surface area contributed by atoms with Gasteiger partial charge in [-0.15, -0.1) is 0 Å². The van der Waals surface area contributed by atoms with Gasteiger partial charge in [-0.3, -0.25) is 4.98 Å². The van der Waals surface area contributed by atoms with E-state index in [1.54, 1.807) is 6.20 Å². The smallest absolute Gasteiger partial charge is 0.404 e. The highest BCUT2D eigenvalue weighted by Gasteiger charge is 2.11. The monoisotopic (exact) mass is 427 g/mol. The number of nitrogens with zero attached hydrogens (tertiary/aromatic N) is 5. The van der Waals surface area contributed by atoms with Gasteiger partial charge in [-0.1, -0.05) is 6.07 Å². The van der Waals surface area contributed by atoms with E-state index in [2.05, 4.69) is 54.5 Å². The van der Waals surface area contributed by atoms with Gasteiger partial charge in [-0.2, -0.15) is 0 Å². The molecule has 9 nitrogen and oxygen atoms in total. The van der Waals surface area contributed by atoms with Crippen molar-refractivity contribution >= 4 is 39.5 Å². The van der Waals surface area contributed by atoms with Gasteiger partial charge in [-0.25, -0.2) is 14.8 Å². The van der Waals surface area contributed by atoms with Crippen molar-refractivity contribution in [2.75, 3.05) is 11.9 Å². The molecule has 0 saturated heterocycles. The van der Waals surface area contributed by atoms with Crippen LogP contribution in [0.1, 0.15) is 5.69 Å². The highest BCUT2D eigenvalue weighted by Crippen LogP contribution is 2.27. The predicted molar refractivity (Wildman–Crippen MR) is 122 cm³/mol. The quantitative estimate of drug-likeness (QED) is 0.364. The van der Waals surface area contributed by atoms with Crippen molar-refractivity contribution in [1.29, 1.82) is 0 Å². The maximum Gasteiger partial charge on any atom is 0.404 e. The molecule has 1 aromatic carbocycles. The SMILES string of the molecule is O=C(O)NCCn1ccc2ncnc(Nc3ccc4c(ccn4Cc4ccccn4)c3)c21. The fourth-order valence-corrected chi connectivity index (χ4v) is 3.81. The average molecular weight is 427 g/mol. The van der Waals surface area contributed by atoms with Crippen molar-refractivity contribution in [3.8, 4) is 0 Å². The number of nitrogens with one attached hydrogen (secondary N) is 2. The summed E-state index contributed by atoms with van der Waals surface area (Å²) >= 11 is 0. The number of aromatic nitrogens is 5. The predicted octanol–water partition coefficient (Wildman–Crippen LogP) is 3.84. The van der Waals surface area contributed by atoms with Crippen LogP contribution < -0.4 is 10.6 Å². The minimum absolute atomic E-state index is 0.295. The molecule has 1 amide bonds. The third-order valence-corrected chi connectivity index (χ3v) is 5.27. The lowest BCUT2D eigenvalue weighted by Crippen LogP contribution is -2.25. The minimum Gasteiger partial charge on any atom is -0.465 e. The summed E-state index contributed by atoms with van der Waals surface area (Å²) in [6.07, 6.45) is 6.23. The molecule has 5 aromatic rings. The Labute approximate surface area is 183 Å². The molecule has 0 unspecified atom stereocenters. The molecule has 9 heteroatoms. The van der Waals surface area contributed by atoms with Crippen molar-refractivity contribution in [3.63, 3.8) is 0 Å². The Morgan fingerprint density at radius 3 is 2.75 bits per heavy atom. The third kappa shape index (κ3) is 3.95. The second kappa shape index (κ2) is 8.38. The Kier molecular flexibility index (Phi) is 5.12. The van der Waals surface area contributed by atoms with E-state index in [4.69, 9.17) is 5.11 Å². The number of fused-ring (bicyclic) bond motifs is 2. The Balaban J connectivity index is 1.40. The molecule has 0 aliphatic rings. The van der Waals surface area contributed by atoms with Gasteiger partial charge in [0.05, 0.1) is 17.8 Å². The molecule has 160 valence electrons. The summed E-state index contributed by atoms with van der Waals surface area (Å²) in [6.45, 7) is 1.48. The number of rotatable bonds is 7. The molecular weight excluding hydrogens is 406 g/mol. The van der Waals surface area contributed by atoms with E-state index in [1.165, 1.54) is 6.33 Å². The summed E-state index contributed by atoms with van der Waals surface area (Å²) in [7, 11) is 0. The van der Waals surface area contributed by atoms with E-state index < -0.39 is 6.09 Å². The van der Waals surface area contributed by atoms with Crippen LogP contribution in [0.4, 0.5) is 16.3 Å². The molecule has 0 aliphatic carbocycles. The molecule has 4 heterocycles. The van der Waals surface area contributed by atoms with Crippen molar-refractivity contribution in [2.24, 2.45) is 0 Å². The van der Waals surface area contributed by atoms with Crippen LogP contribution in [0.3, 0.4) is 0 Å². The van der Waals surface area contributed by atoms with Crippen LogP contribution in [0.15, 0.2) is 73.4 Å². The fraction of sp³-hybridized carbons (Fsp3) is 0.130. The van der Waals surface area contributed by atoms with Crippen LogP contribution in [-0.2, 0) is 13.1 Å². The lowest BCUT2D eigenvalue weighted by molar-refractivity contribution is 0.194. The number of carbonyl (C=O) groups is 1. The molecule has 0 bridgehead atoms. The molecule has 4 aromatic heterocycles. The lowest BCUT2D eigenvalue weighted by atomic mass is 10.2. The average Bonchev–Trinajstić information content (AvgIpc) is 3.39. The second-order valence-corrected chi connectivity index (χ2v) is 7.36. The van der Waals surface area contributed by atoms with E-state index in [0.29, 0.717) is 25.5 Å². The third-order valence-electron chi connectivity index (χ3n) is 5.27. The summed E-state index contributed by atoms with van der Waals surface area (Å²) in [5.41, 5.74) is 4.66. The van der Waals surface area contributed by atoms with Crippen molar-refractivity contribution in [2.45, 2.75) is 13.1 Å². The maximum atomic E-state index is 10.7. The number of carboxylic acid groups (broad SMARTS) is 1. The first kappa shape index (κ1) is 19.6. The van der Waals surface area contributed by atoms with Crippen molar-refractivity contribution in [3.05, 3.63) is 79.1 Å². The van der Waals surface area contributed by atoms with Gasteiger partial charge in [0.2, 0.25) is 0 Å². The summed E-state index contributed by atoms with van der Waals surface area (Å²) in [6, 6.07) is 16.1. The van der Waals surface area contributed by atoms with Crippen molar-refractivity contribution in [1.82, 2.24) is 29.4 Å². The largest absolute Gasteiger partial charge is 0.465 e. The van der Waals surface area contributed by atoms with E-state index in [9.17, 15) is 4.79 Å². The van der Waals surface area contributed by atoms with E-state index in [1.807, 2.05) is 41.1 Å². The Hall–Kier alpha value is -4.40. The first-order chi connectivity index (χ1) is 15.7. The molecule has 0 aliphatic heterocycles. The summed E-state index contributed by atoms with van der Waals surface area (Å²) in [4.78, 5) is 23.9. The maximum absolute atomic E-state index is 10.7. The van der Waals surface area contributed by atoms with Crippen LogP contribution in [0.2, 0.25) is 0 Å². The highest BCUT2D eigenvalue weighted by molar-refractivity contribution is 5.90. The Morgan fingerprint density at radius 1 is 1.00 bits per heavy atom. The van der Waals surface area contributed by atoms with Gasteiger partial charge < -0.3 is 24.9 Å². The molecule has 5 rings (SSSR count). The Bertz CT molecular complexity index is 1390. The van der Waals surface area contributed by atoms with Gasteiger partial charge >= 0.3 is 6.09 Å². The molecule has 0 atom stereocenters. The second-order valence-electron chi connectivity index (χ2n) is 7.36. The fourth-order valence-electron chi connectivity index (χ4n) is 3.81. The van der Waals surface area contributed by atoms with Crippen LogP contribution in [-0.4, -0.2) is 41.8 Å². The molecule has 32 heavy (non-hydrogen) atoms. The first-order valence-corrected chi connectivity index (χ1v) is 10.2. The van der Waals surface area contributed by atoms with Crippen LogP contribution in [0, 0.1) is 0 Å². The zero-order valence-electron chi connectivity index (χ0n) is 17.1. The van der Waals surface area contributed by atoms with Crippen LogP contribution in [0.5, 0.6) is 0 Å². The number of anilines is 2.